The molecule has 0 atom stereocenters. The highest BCUT2D eigenvalue weighted by Gasteiger charge is 2.19. The van der Waals surface area contributed by atoms with Gasteiger partial charge in [0.1, 0.15) is 0 Å². The lowest BCUT2D eigenvalue weighted by Gasteiger charge is -2.28. The number of hydrogen-bond donors (Lipinski definition) is 2. The summed E-state index contributed by atoms with van der Waals surface area (Å²) >= 11 is 0. The molecule has 0 aliphatic carbocycles. The quantitative estimate of drug-likeness (QED) is 0.557. The van der Waals surface area contributed by atoms with Crippen LogP contribution in [0.4, 0.5) is 11.4 Å². The van der Waals surface area contributed by atoms with Crippen LogP contribution in [0, 0.1) is 6.92 Å². The number of aryl methyl sites for hydroxylation is 1. The van der Waals surface area contributed by atoms with Gasteiger partial charge in [-0.1, -0.05) is 36.4 Å². The molecule has 4 rings (SSSR count). The number of nitrogens with one attached hydrogen (secondary N) is 2. The molecule has 1 aliphatic rings. The minimum Gasteiger partial charge on any atom is -0.378 e. The van der Waals surface area contributed by atoms with E-state index in [1.807, 2.05) is 30.3 Å². The van der Waals surface area contributed by atoms with Crippen molar-refractivity contribution < 1.29 is 17.9 Å². The predicted octanol–water partition coefficient (Wildman–Crippen LogP) is 3.56. The van der Waals surface area contributed by atoms with Crippen LogP contribution in [-0.4, -0.2) is 40.6 Å². The summed E-state index contributed by atoms with van der Waals surface area (Å²) in [5.41, 5.74) is 3.42. The largest absolute Gasteiger partial charge is 0.378 e. The van der Waals surface area contributed by atoms with E-state index >= 15 is 0 Å². The highest BCUT2D eigenvalue weighted by atomic mass is 32.2. The molecule has 1 fully saturated rings. The zero-order valence-corrected chi connectivity index (χ0v) is 19.3. The molecule has 33 heavy (non-hydrogen) atoms. The summed E-state index contributed by atoms with van der Waals surface area (Å²) in [6.07, 6.45) is 0. The molecule has 3 aromatic rings. The third-order valence-corrected chi connectivity index (χ3v) is 7.05. The first-order valence-corrected chi connectivity index (χ1v) is 12.3. The number of benzene rings is 3. The van der Waals surface area contributed by atoms with E-state index in [0.717, 1.165) is 37.6 Å². The topological polar surface area (TPSA) is 87.7 Å². The Hall–Kier alpha value is -3.36. The van der Waals surface area contributed by atoms with Crippen molar-refractivity contribution in [1.29, 1.82) is 0 Å². The van der Waals surface area contributed by atoms with E-state index in [-0.39, 0.29) is 10.8 Å². The summed E-state index contributed by atoms with van der Waals surface area (Å²) in [5, 5.41) is 2.87. The van der Waals surface area contributed by atoms with Gasteiger partial charge in [0.15, 0.2) is 0 Å². The minimum absolute atomic E-state index is 0.0777. The van der Waals surface area contributed by atoms with Crippen LogP contribution in [0.5, 0.6) is 0 Å². The second-order valence-corrected chi connectivity index (χ2v) is 9.55. The van der Waals surface area contributed by atoms with Gasteiger partial charge < -0.3 is 15.0 Å². The van der Waals surface area contributed by atoms with E-state index < -0.39 is 10.0 Å². The zero-order chi connectivity index (χ0) is 23.3. The number of nitrogens with zero attached hydrogens (tertiary/aromatic N) is 1. The van der Waals surface area contributed by atoms with Crippen molar-refractivity contribution in [3.8, 4) is 0 Å². The Morgan fingerprint density at radius 1 is 0.970 bits per heavy atom. The molecule has 0 saturated carbocycles. The molecule has 7 nitrogen and oxygen atoms in total. The van der Waals surface area contributed by atoms with Crippen LogP contribution >= 0.6 is 0 Å². The molecule has 0 aromatic heterocycles. The van der Waals surface area contributed by atoms with E-state index in [9.17, 15) is 13.2 Å². The number of ether oxygens (including phenoxy) is 1. The van der Waals surface area contributed by atoms with Gasteiger partial charge in [-0.3, -0.25) is 9.52 Å². The summed E-state index contributed by atoms with van der Waals surface area (Å²) in [6, 6.07) is 21.4. The Morgan fingerprint density at radius 3 is 2.36 bits per heavy atom. The van der Waals surface area contributed by atoms with Gasteiger partial charge in [0, 0.05) is 36.6 Å². The molecule has 0 radical (unpaired) electrons. The summed E-state index contributed by atoms with van der Waals surface area (Å²) < 4.78 is 33.7. The standard InChI is InChI=1S/C25H27N3O4S/c1-19-7-10-21(17-24(19)33(30,31)27-22-5-3-2-4-6-22)25(29)26-18-20-8-11-23(12-9-20)28-13-15-32-16-14-28/h2-12,17,27H,13-16,18H2,1H3,(H,26,29). The van der Waals surface area contributed by atoms with E-state index in [0.29, 0.717) is 23.4 Å². The van der Waals surface area contributed by atoms with Gasteiger partial charge in [-0.05, 0) is 54.4 Å². The van der Waals surface area contributed by atoms with Crippen LogP contribution in [0.2, 0.25) is 0 Å². The molecule has 3 aromatic carbocycles. The minimum atomic E-state index is -3.83. The molecule has 1 amide bonds. The summed E-state index contributed by atoms with van der Waals surface area (Å²) in [5.74, 6) is -0.330. The molecule has 1 saturated heterocycles. The first kappa shape index (κ1) is 22.8. The van der Waals surface area contributed by atoms with Crippen LogP contribution in [-0.2, 0) is 21.3 Å². The lowest BCUT2D eigenvalue weighted by atomic mass is 10.1. The van der Waals surface area contributed by atoms with Gasteiger partial charge in [-0.15, -0.1) is 0 Å². The Kier molecular flexibility index (Phi) is 6.96. The number of carbonyl (C=O) groups is 1. The maximum absolute atomic E-state index is 12.9. The van der Waals surface area contributed by atoms with Crippen LogP contribution < -0.4 is 14.9 Å². The monoisotopic (exact) mass is 465 g/mol. The first-order valence-electron chi connectivity index (χ1n) is 10.8. The number of carbonyl (C=O) groups excluding carboxylic acids is 1. The van der Waals surface area contributed by atoms with Gasteiger partial charge in [0.25, 0.3) is 15.9 Å². The molecule has 1 heterocycles. The smallest absolute Gasteiger partial charge is 0.262 e. The molecule has 0 bridgehead atoms. The van der Waals surface area contributed by atoms with Gasteiger partial charge in [0.05, 0.1) is 18.1 Å². The van der Waals surface area contributed by atoms with Crippen molar-refractivity contribution in [1.82, 2.24) is 5.32 Å². The Balaban J connectivity index is 1.42. The second kappa shape index (κ2) is 10.1. The highest BCUT2D eigenvalue weighted by molar-refractivity contribution is 7.92. The zero-order valence-electron chi connectivity index (χ0n) is 18.5. The average molecular weight is 466 g/mol. The third-order valence-electron chi connectivity index (χ3n) is 5.53. The Bertz CT molecular complexity index is 1210. The van der Waals surface area contributed by atoms with Crippen molar-refractivity contribution in [2.24, 2.45) is 0 Å². The SMILES string of the molecule is Cc1ccc(C(=O)NCc2ccc(N3CCOCC3)cc2)cc1S(=O)(=O)Nc1ccccc1. The van der Waals surface area contributed by atoms with Crippen molar-refractivity contribution in [2.45, 2.75) is 18.4 Å². The van der Waals surface area contributed by atoms with Gasteiger partial charge in [-0.25, -0.2) is 8.42 Å². The van der Waals surface area contributed by atoms with Gasteiger partial charge >= 0.3 is 0 Å². The van der Waals surface area contributed by atoms with Gasteiger partial charge in [0.2, 0.25) is 0 Å². The summed E-state index contributed by atoms with van der Waals surface area (Å²) in [4.78, 5) is 15.1. The molecule has 0 spiro atoms. The van der Waals surface area contributed by atoms with E-state index in [2.05, 4.69) is 14.9 Å². The Labute approximate surface area is 194 Å². The fourth-order valence-corrected chi connectivity index (χ4v) is 5.01. The fraction of sp³-hybridized carbons (Fsp3) is 0.240. The number of para-hydroxylation sites is 1. The van der Waals surface area contributed by atoms with Gasteiger partial charge in [-0.2, -0.15) is 0 Å². The second-order valence-electron chi connectivity index (χ2n) is 7.90. The third kappa shape index (κ3) is 5.71. The molecule has 1 aliphatic heterocycles. The average Bonchev–Trinajstić information content (AvgIpc) is 2.84. The molecule has 0 unspecified atom stereocenters. The van der Waals surface area contributed by atoms with Crippen molar-refractivity contribution >= 4 is 27.3 Å². The number of morpholine rings is 1. The van der Waals surface area contributed by atoms with E-state index in [1.54, 1.807) is 43.3 Å². The number of sulfonamides is 1. The van der Waals surface area contributed by atoms with E-state index in [4.69, 9.17) is 4.74 Å². The molecular weight excluding hydrogens is 438 g/mol. The maximum atomic E-state index is 12.9. The normalized spacial score (nSPS) is 14.0. The Morgan fingerprint density at radius 2 is 1.67 bits per heavy atom. The highest BCUT2D eigenvalue weighted by Crippen LogP contribution is 2.21. The van der Waals surface area contributed by atoms with Crippen LogP contribution in [0.15, 0.2) is 77.7 Å². The van der Waals surface area contributed by atoms with Crippen molar-refractivity contribution in [3.63, 3.8) is 0 Å². The van der Waals surface area contributed by atoms with Crippen LogP contribution in [0.3, 0.4) is 0 Å². The number of rotatable bonds is 7. The molecule has 2 N–H and O–H groups in total. The molecular formula is C25H27N3O4S. The van der Waals surface area contributed by atoms with Crippen LogP contribution in [0.25, 0.3) is 0 Å². The van der Waals surface area contributed by atoms with Crippen molar-refractivity contribution in [2.75, 3.05) is 35.9 Å². The maximum Gasteiger partial charge on any atom is 0.262 e. The number of amides is 1. The summed E-state index contributed by atoms with van der Waals surface area (Å²) in [6.45, 7) is 5.25. The van der Waals surface area contributed by atoms with E-state index in [1.165, 1.54) is 6.07 Å². The van der Waals surface area contributed by atoms with Crippen LogP contribution in [0.1, 0.15) is 21.5 Å². The number of anilines is 2. The summed E-state index contributed by atoms with van der Waals surface area (Å²) in [7, 11) is -3.83. The fourth-order valence-electron chi connectivity index (χ4n) is 3.68. The van der Waals surface area contributed by atoms with Crippen molar-refractivity contribution in [3.05, 3.63) is 89.5 Å². The molecule has 8 heteroatoms. The lowest BCUT2D eigenvalue weighted by Crippen LogP contribution is -2.36. The predicted molar refractivity (Wildman–Crippen MR) is 129 cm³/mol. The lowest BCUT2D eigenvalue weighted by molar-refractivity contribution is 0.0950. The first-order chi connectivity index (χ1) is 15.9. The number of hydrogen-bond acceptors (Lipinski definition) is 5. The molecule has 172 valence electrons.